The van der Waals surface area contributed by atoms with E-state index < -0.39 is 34.3 Å². The third-order valence-electron chi connectivity index (χ3n) is 3.67. The van der Waals surface area contributed by atoms with E-state index >= 15 is 0 Å². The van der Waals surface area contributed by atoms with Crippen LogP contribution in [0.4, 0.5) is 18.9 Å². The molecule has 0 aliphatic heterocycles. The molecule has 146 valence electrons. The van der Waals surface area contributed by atoms with Crippen LogP contribution in [0.2, 0.25) is 0 Å². The van der Waals surface area contributed by atoms with E-state index in [2.05, 4.69) is 0 Å². The van der Waals surface area contributed by atoms with Crippen LogP contribution in [0.3, 0.4) is 0 Å². The molecule has 0 radical (unpaired) electrons. The van der Waals surface area contributed by atoms with E-state index in [1.807, 2.05) is 0 Å². The Labute approximate surface area is 155 Å². The molecule has 0 amide bonds. The van der Waals surface area contributed by atoms with Crippen LogP contribution < -0.4 is 4.31 Å². The normalized spacial score (nSPS) is 11.9. The van der Waals surface area contributed by atoms with Crippen LogP contribution in [0.25, 0.3) is 0 Å². The highest BCUT2D eigenvalue weighted by Crippen LogP contribution is 2.32. The van der Waals surface area contributed by atoms with Crippen LogP contribution in [0.5, 0.6) is 0 Å². The van der Waals surface area contributed by atoms with E-state index in [4.69, 9.17) is 4.74 Å². The molecule has 0 saturated heterocycles. The number of carbonyl (C=O) groups excluding carboxylic acids is 1. The lowest BCUT2D eigenvalue weighted by atomic mass is 10.2. The minimum atomic E-state index is -4.56. The second-order valence-corrected chi connectivity index (χ2v) is 7.54. The van der Waals surface area contributed by atoms with Gasteiger partial charge in [-0.15, -0.1) is 0 Å². The van der Waals surface area contributed by atoms with Crippen molar-refractivity contribution in [1.29, 1.82) is 0 Å². The van der Waals surface area contributed by atoms with Crippen molar-refractivity contribution >= 4 is 21.7 Å². The van der Waals surface area contributed by atoms with Gasteiger partial charge < -0.3 is 4.74 Å². The summed E-state index contributed by atoms with van der Waals surface area (Å²) in [6, 6.07) is 9.45. The number of anilines is 1. The van der Waals surface area contributed by atoms with Gasteiger partial charge in [0, 0.05) is 0 Å². The predicted octanol–water partition coefficient (Wildman–Crippen LogP) is 3.77. The Kier molecular flexibility index (Phi) is 6.15. The lowest BCUT2D eigenvalue weighted by Gasteiger charge is -2.24. The van der Waals surface area contributed by atoms with Gasteiger partial charge >= 0.3 is 12.1 Å². The molecule has 0 aromatic heterocycles. The van der Waals surface area contributed by atoms with Crippen molar-refractivity contribution in [3.63, 3.8) is 0 Å². The SMILES string of the molecule is CCOC(=O)CN(c1ccc(C(F)(F)F)cc1)S(=O)(=O)c1ccc(C)cc1. The second-order valence-electron chi connectivity index (χ2n) is 5.67. The first-order valence-electron chi connectivity index (χ1n) is 7.98. The van der Waals surface area contributed by atoms with Crippen LogP contribution in [0.1, 0.15) is 18.1 Å². The Hall–Kier alpha value is -2.55. The third-order valence-corrected chi connectivity index (χ3v) is 5.46. The molecule has 9 heteroatoms. The molecule has 0 bridgehead atoms. The molecule has 0 atom stereocenters. The maximum absolute atomic E-state index is 13.0. The van der Waals surface area contributed by atoms with E-state index in [0.29, 0.717) is 0 Å². The van der Waals surface area contributed by atoms with Gasteiger partial charge in [0.2, 0.25) is 0 Å². The highest BCUT2D eigenvalue weighted by molar-refractivity contribution is 7.92. The molecular formula is C18H18F3NO4S. The van der Waals surface area contributed by atoms with Crippen molar-refractivity contribution in [2.75, 3.05) is 17.5 Å². The summed E-state index contributed by atoms with van der Waals surface area (Å²) in [5, 5.41) is 0. The summed E-state index contributed by atoms with van der Waals surface area (Å²) in [4.78, 5) is 11.8. The third kappa shape index (κ3) is 5.00. The number of rotatable bonds is 6. The van der Waals surface area contributed by atoms with E-state index in [-0.39, 0.29) is 17.2 Å². The number of benzene rings is 2. The molecule has 0 aliphatic rings. The van der Waals surface area contributed by atoms with E-state index in [0.717, 1.165) is 34.1 Å². The number of nitrogens with zero attached hydrogens (tertiary/aromatic N) is 1. The number of alkyl halides is 3. The quantitative estimate of drug-likeness (QED) is 0.692. The molecule has 2 aromatic carbocycles. The van der Waals surface area contributed by atoms with Gasteiger partial charge in [0.15, 0.2) is 0 Å². The van der Waals surface area contributed by atoms with Gasteiger partial charge in [-0.3, -0.25) is 9.10 Å². The first kappa shape index (κ1) is 20.8. The number of aryl methyl sites for hydroxylation is 1. The number of ether oxygens (including phenoxy) is 1. The maximum atomic E-state index is 13.0. The first-order chi connectivity index (χ1) is 12.6. The Balaban J connectivity index is 2.47. The van der Waals surface area contributed by atoms with E-state index in [9.17, 15) is 26.4 Å². The van der Waals surface area contributed by atoms with Crippen LogP contribution >= 0.6 is 0 Å². The summed E-state index contributed by atoms with van der Waals surface area (Å²) in [6.45, 7) is 2.73. The molecule has 0 saturated carbocycles. The molecule has 2 rings (SSSR count). The minimum Gasteiger partial charge on any atom is -0.465 e. The van der Waals surface area contributed by atoms with Gasteiger partial charge in [0.05, 0.1) is 22.8 Å². The van der Waals surface area contributed by atoms with Gasteiger partial charge in [-0.25, -0.2) is 8.42 Å². The van der Waals surface area contributed by atoms with Crippen LogP contribution in [-0.2, 0) is 25.7 Å². The Morgan fingerprint density at radius 3 is 2.07 bits per heavy atom. The van der Waals surface area contributed by atoms with Crippen molar-refractivity contribution in [3.05, 3.63) is 59.7 Å². The number of carbonyl (C=O) groups is 1. The van der Waals surface area contributed by atoms with Crippen molar-refractivity contribution < 1.29 is 31.1 Å². The summed E-state index contributed by atoms with van der Waals surface area (Å²) in [6.07, 6.45) is -4.56. The lowest BCUT2D eigenvalue weighted by Crippen LogP contribution is -2.36. The number of sulfonamides is 1. The maximum Gasteiger partial charge on any atom is 0.416 e. The molecule has 2 aromatic rings. The van der Waals surface area contributed by atoms with Crippen LogP contribution in [0, 0.1) is 6.92 Å². The average Bonchev–Trinajstić information content (AvgIpc) is 2.59. The van der Waals surface area contributed by atoms with E-state index in [1.54, 1.807) is 26.0 Å². The molecule has 0 N–H and O–H groups in total. The largest absolute Gasteiger partial charge is 0.465 e. The van der Waals surface area contributed by atoms with Gasteiger partial charge in [0.1, 0.15) is 6.54 Å². The predicted molar refractivity (Wildman–Crippen MR) is 93.8 cm³/mol. The summed E-state index contributed by atoms with van der Waals surface area (Å²) in [7, 11) is -4.18. The highest BCUT2D eigenvalue weighted by atomic mass is 32.2. The van der Waals surface area contributed by atoms with Crippen molar-refractivity contribution in [3.8, 4) is 0 Å². The Bertz CT molecular complexity index is 892. The van der Waals surface area contributed by atoms with Crippen LogP contribution in [0.15, 0.2) is 53.4 Å². The average molecular weight is 401 g/mol. The highest BCUT2D eigenvalue weighted by Gasteiger charge is 2.32. The zero-order valence-corrected chi connectivity index (χ0v) is 15.5. The van der Waals surface area contributed by atoms with Gasteiger partial charge in [-0.05, 0) is 50.2 Å². The summed E-state index contributed by atoms with van der Waals surface area (Å²) in [5.74, 6) is -0.812. The first-order valence-corrected chi connectivity index (χ1v) is 9.42. The van der Waals surface area contributed by atoms with Gasteiger partial charge in [-0.2, -0.15) is 13.2 Å². The fourth-order valence-electron chi connectivity index (χ4n) is 2.29. The van der Waals surface area contributed by atoms with Gasteiger partial charge in [0.25, 0.3) is 10.0 Å². The van der Waals surface area contributed by atoms with Gasteiger partial charge in [-0.1, -0.05) is 17.7 Å². The number of halogens is 3. The van der Waals surface area contributed by atoms with Crippen molar-refractivity contribution in [2.24, 2.45) is 0 Å². The summed E-state index contributed by atoms with van der Waals surface area (Å²) in [5.41, 5.74) is -0.160. The molecule has 0 aliphatic carbocycles. The minimum absolute atomic E-state index is 0.0459. The molecule has 27 heavy (non-hydrogen) atoms. The zero-order valence-electron chi connectivity index (χ0n) is 14.7. The Morgan fingerprint density at radius 1 is 1.04 bits per heavy atom. The molecule has 0 unspecified atom stereocenters. The smallest absolute Gasteiger partial charge is 0.416 e. The van der Waals surface area contributed by atoms with E-state index in [1.165, 1.54) is 12.1 Å². The zero-order chi connectivity index (χ0) is 20.2. The van der Waals surface area contributed by atoms with Crippen LogP contribution in [-0.4, -0.2) is 27.5 Å². The summed E-state index contributed by atoms with van der Waals surface area (Å²) < 4.78 is 69.7. The monoisotopic (exact) mass is 401 g/mol. The van der Waals surface area contributed by atoms with Crippen molar-refractivity contribution in [2.45, 2.75) is 24.9 Å². The fourth-order valence-corrected chi connectivity index (χ4v) is 3.70. The molecule has 0 spiro atoms. The topological polar surface area (TPSA) is 63.7 Å². The van der Waals surface area contributed by atoms with Crippen molar-refractivity contribution in [1.82, 2.24) is 0 Å². The molecular weight excluding hydrogens is 383 g/mol. The Morgan fingerprint density at radius 2 is 1.59 bits per heavy atom. The number of hydrogen-bond acceptors (Lipinski definition) is 4. The standard InChI is InChI=1S/C18H18F3NO4S/c1-3-26-17(23)12-22(15-8-6-14(7-9-15)18(19,20)21)27(24,25)16-10-4-13(2)5-11-16/h4-11H,3,12H2,1-2H3. The molecule has 5 nitrogen and oxygen atoms in total. The molecule has 0 fully saturated rings. The summed E-state index contributed by atoms with van der Waals surface area (Å²) >= 11 is 0. The number of esters is 1. The number of hydrogen-bond donors (Lipinski definition) is 0. The fraction of sp³-hybridized carbons (Fsp3) is 0.278. The molecule has 0 heterocycles. The second kappa shape index (κ2) is 7.99. The lowest BCUT2D eigenvalue weighted by molar-refractivity contribution is -0.141.